The van der Waals surface area contributed by atoms with Gasteiger partial charge in [-0.2, -0.15) is 0 Å². The van der Waals surface area contributed by atoms with Crippen LogP contribution in [0.15, 0.2) is 78.4 Å². The molecule has 0 nitrogen and oxygen atoms in total. The Morgan fingerprint density at radius 1 is 0.667 bits per heavy atom. The van der Waals surface area contributed by atoms with Crippen LogP contribution in [0, 0.1) is 0 Å². The van der Waals surface area contributed by atoms with E-state index in [4.69, 9.17) is 0 Å². The number of fused-ring (bicyclic) bond motifs is 4. The van der Waals surface area contributed by atoms with Crippen molar-refractivity contribution < 1.29 is 20.4 Å². The van der Waals surface area contributed by atoms with Crippen molar-refractivity contribution in [3.63, 3.8) is 0 Å². The van der Waals surface area contributed by atoms with Crippen LogP contribution in [-0.2, 0) is 20.4 Å². The van der Waals surface area contributed by atoms with E-state index in [9.17, 15) is 0 Å². The molecule has 0 N–H and O–H groups in total. The van der Waals surface area contributed by atoms with Gasteiger partial charge in [0.05, 0.1) is 0 Å². The Kier molecular flexibility index (Phi) is 4.45. The number of rotatable bonds is 2. The Hall–Kier alpha value is -1.50. The minimum absolute atomic E-state index is 0.340. The van der Waals surface area contributed by atoms with E-state index >= 15 is 0 Å². The Morgan fingerprint density at radius 2 is 1.19 bits per heavy atom. The summed E-state index contributed by atoms with van der Waals surface area (Å²) in [7, 11) is 0. The van der Waals surface area contributed by atoms with E-state index in [1.165, 1.54) is 16.7 Å². The molecule has 0 aromatic heterocycles. The van der Waals surface area contributed by atoms with Gasteiger partial charge in [0, 0.05) is 0 Å². The van der Waals surface area contributed by atoms with Crippen LogP contribution in [0.2, 0.25) is 13.1 Å². The first-order valence-electron chi connectivity index (χ1n) is 9.79. The van der Waals surface area contributed by atoms with Gasteiger partial charge in [0.25, 0.3) is 0 Å². The summed E-state index contributed by atoms with van der Waals surface area (Å²) in [6, 6.07) is 27.6. The fraction of sp³-hybridized carbons (Fsp3) is 0.200. The van der Waals surface area contributed by atoms with E-state index in [2.05, 4.69) is 98.9 Å². The van der Waals surface area contributed by atoms with Gasteiger partial charge in [0.2, 0.25) is 0 Å². The molecule has 0 saturated heterocycles. The summed E-state index contributed by atoms with van der Waals surface area (Å²) in [5.74, 6) is 0. The Balaban J connectivity index is 1.76. The van der Waals surface area contributed by atoms with Crippen molar-refractivity contribution in [1.29, 1.82) is 0 Å². The molecule has 2 aliphatic carbocycles. The zero-order chi connectivity index (χ0) is 18.5. The van der Waals surface area contributed by atoms with E-state index in [-0.39, 0.29) is 5.43 Å². The molecule has 0 aliphatic heterocycles. The minimum atomic E-state index is -1.90. The summed E-state index contributed by atoms with van der Waals surface area (Å²) >= 11 is -1.90. The van der Waals surface area contributed by atoms with E-state index in [1.54, 1.807) is 22.3 Å². The molecule has 2 heteroatoms. The number of hydrogen-bond acceptors (Lipinski definition) is 0. The van der Waals surface area contributed by atoms with Crippen molar-refractivity contribution in [2.24, 2.45) is 0 Å². The predicted octanol–water partition coefficient (Wildman–Crippen LogP) is 6.78. The van der Waals surface area contributed by atoms with Gasteiger partial charge in [0.1, 0.15) is 0 Å². The van der Waals surface area contributed by atoms with Gasteiger partial charge in [-0.05, 0) is 0 Å². The molecule has 2 aliphatic rings. The van der Waals surface area contributed by atoms with Gasteiger partial charge in [0.15, 0.2) is 0 Å². The van der Waals surface area contributed by atoms with Gasteiger partial charge in [-0.3, -0.25) is 0 Å². The standard InChI is InChI=1S/C13H9.C10H9.C2H6Si.Zr/c1-3-7-12-10(5-1)9-11-6-2-4-8-13(11)12;1-8-6-9-4-2-3-5-10(9)7-8;1-3-2;/h1-9H;2-7H,1H3;1-2H3;. The molecule has 0 spiro atoms. The van der Waals surface area contributed by atoms with Gasteiger partial charge < -0.3 is 0 Å². The van der Waals surface area contributed by atoms with Crippen LogP contribution in [0.25, 0.3) is 17.2 Å². The Labute approximate surface area is 170 Å². The fourth-order valence-electron chi connectivity index (χ4n) is 5.13. The van der Waals surface area contributed by atoms with Crippen LogP contribution >= 0.6 is 0 Å². The summed E-state index contributed by atoms with van der Waals surface area (Å²) < 4.78 is 1.43. The third-order valence-corrected chi connectivity index (χ3v) is 25.7. The quantitative estimate of drug-likeness (QED) is 0.383. The Morgan fingerprint density at radius 3 is 1.78 bits per heavy atom. The SMILES string of the molecule is CC1=Cc2ccccc2[CH]1[Zr]([CH]1c2ccccc2-c2ccccc21)=[Si](C)C. The van der Waals surface area contributed by atoms with Crippen LogP contribution in [0.4, 0.5) is 0 Å². The topological polar surface area (TPSA) is 0 Å². The van der Waals surface area contributed by atoms with E-state index < -0.39 is 20.4 Å². The molecule has 0 bridgehead atoms. The second-order valence-electron chi connectivity index (χ2n) is 8.01. The van der Waals surface area contributed by atoms with Gasteiger partial charge in [-0.25, -0.2) is 0 Å². The van der Waals surface area contributed by atoms with Crippen molar-refractivity contribution in [3.05, 3.63) is 101 Å². The maximum absolute atomic E-state index is 2.59. The second-order valence-corrected chi connectivity index (χ2v) is 25.9. The third kappa shape index (κ3) is 2.72. The molecule has 3 aromatic carbocycles. The third-order valence-electron chi connectivity index (χ3n) is 6.18. The van der Waals surface area contributed by atoms with Crippen molar-refractivity contribution in [2.45, 2.75) is 27.3 Å². The van der Waals surface area contributed by atoms with Crippen LogP contribution in [-0.4, -0.2) is 5.43 Å². The van der Waals surface area contributed by atoms with Crippen LogP contribution < -0.4 is 0 Å². The van der Waals surface area contributed by atoms with Crippen LogP contribution in [0.3, 0.4) is 0 Å². The first-order valence-corrected chi connectivity index (χ1v) is 18.8. The maximum atomic E-state index is 2.59. The second kappa shape index (κ2) is 6.83. The summed E-state index contributed by atoms with van der Waals surface area (Å²) in [4.78, 5) is 0. The average molecular weight is 444 g/mol. The van der Waals surface area contributed by atoms with Crippen LogP contribution in [0.1, 0.15) is 36.4 Å². The van der Waals surface area contributed by atoms with Crippen molar-refractivity contribution in [2.75, 3.05) is 0 Å². The zero-order valence-corrected chi connectivity index (χ0v) is 19.6. The van der Waals surface area contributed by atoms with Crippen molar-refractivity contribution in [1.82, 2.24) is 0 Å². The molecule has 0 heterocycles. The molecule has 27 heavy (non-hydrogen) atoms. The average Bonchev–Trinajstić information content (AvgIpc) is 3.18. The molecule has 1 atom stereocenters. The van der Waals surface area contributed by atoms with Crippen molar-refractivity contribution in [3.8, 4) is 11.1 Å². The molecule has 0 saturated carbocycles. The molecule has 3 aromatic rings. The molecular weight excluding hydrogens is 420 g/mol. The molecular formula is C25H24SiZr. The van der Waals surface area contributed by atoms with E-state index in [0.717, 1.165) is 3.63 Å². The first-order chi connectivity index (χ1) is 13.2. The molecule has 0 fully saturated rings. The van der Waals surface area contributed by atoms with Crippen molar-refractivity contribution >= 4 is 11.5 Å². The van der Waals surface area contributed by atoms with E-state index in [0.29, 0.717) is 3.63 Å². The van der Waals surface area contributed by atoms with Gasteiger partial charge in [-0.15, -0.1) is 0 Å². The molecule has 0 radical (unpaired) electrons. The van der Waals surface area contributed by atoms with Gasteiger partial charge >= 0.3 is 171 Å². The summed E-state index contributed by atoms with van der Waals surface area (Å²) in [5, 5.41) is 0. The summed E-state index contributed by atoms with van der Waals surface area (Å²) in [6.45, 7) is 7.58. The molecule has 1 unspecified atom stereocenters. The zero-order valence-electron chi connectivity index (χ0n) is 16.2. The number of hydrogen-bond donors (Lipinski definition) is 0. The Bertz CT molecular complexity index is 1070. The van der Waals surface area contributed by atoms with Gasteiger partial charge in [-0.1, -0.05) is 0 Å². The predicted molar refractivity (Wildman–Crippen MR) is 114 cm³/mol. The molecule has 0 amide bonds. The first kappa shape index (κ1) is 17.6. The molecule has 5 rings (SSSR count). The molecule has 132 valence electrons. The summed E-state index contributed by atoms with van der Waals surface area (Å²) in [6.07, 6.45) is 2.47. The van der Waals surface area contributed by atoms with E-state index in [1.807, 2.05) is 0 Å². The number of allylic oxidation sites excluding steroid dienone is 1. The normalized spacial score (nSPS) is 17.1. The monoisotopic (exact) mass is 442 g/mol. The number of benzene rings is 3. The summed E-state index contributed by atoms with van der Waals surface area (Å²) in [5.41, 5.74) is 10.6. The fourth-order valence-corrected chi connectivity index (χ4v) is 25.5. The van der Waals surface area contributed by atoms with Crippen LogP contribution in [0.5, 0.6) is 0 Å².